The van der Waals surface area contributed by atoms with Crippen LogP contribution < -0.4 is 0 Å². The summed E-state index contributed by atoms with van der Waals surface area (Å²) in [5, 5.41) is 7.37. The van der Waals surface area contributed by atoms with Crippen molar-refractivity contribution in [3.05, 3.63) is 188 Å². The molecule has 0 unspecified atom stereocenters. The van der Waals surface area contributed by atoms with Gasteiger partial charge in [0, 0.05) is 36.9 Å². The molecular formula is C51H31N3S. The van der Waals surface area contributed by atoms with Crippen molar-refractivity contribution in [3.63, 3.8) is 0 Å². The van der Waals surface area contributed by atoms with E-state index in [4.69, 9.17) is 19.1 Å². The van der Waals surface area contributed by atoms with E-state index in [1.807, 2.05) is 97.1 Å². The van der Waals surface area contributed by atoms with Crippen molar-refractivity contribution >= 4 is 63.8 Å². The van der Waals surface area contributed by atoms with Gasteiger partial charge < -0.3 is 0 Å². The molecule has 55 heavy (non-hydrogen) atoms. The molecule has 3 nitrogen and oxygen atoms in total. The summed E-state index contributed by atoms with van der Waals surface area (Å²) in [4.78, 5) is 15.1. The molecule has 0 aliphatic carbocycles. The van der Waals surface area contributed by atoms with E-state index in [0.29, 0.717) is 48.5 Å². The second-order valence-corrected chi connectivity index (χ2v) is 14.5. The number of hydrogen-bond acceptors (Lipinski definition) is 4. The summed E-state index contributed by atoms with van der Waals surface area (Å²) >= 11 is 1.13. The van der Waals surface area contributed by atoms with Gasteiger partial charge in [-0.05, 0) is 78.8 Å². The zero-order valence-corrected chi connectivity index (χ0v) is 30.0. The molecule has 0 amide bonds. The monoisotopic (exact) mass is 723 g/mol. The van der Waals surface area contributed by atoms with Gasteiger partial charge >= 0.3 is 0 Å². The van der Waals surface area contributed by atoms with Gasteiger partial charge in [-0.25, -0.2) is 15.0 Å². The number of rotatable bonds is 5. The van der Waals surface area contributed by atoms with Crippen molar-refractivity contribution in [2.75, 3.05) is 0 Å². The number of hydrogen-bond donors (Lipinski definition) is 0. The maximum Gasteiger partial charge on any atom is 0.164 e. The molecule has 0 spiro atoms. The van der Waals surface area contributed by atoms with Gasteiger partial charge in [0.1, 0.15) is 0 Å². The summed E-state index contributed by atoms with van der Waals surface area (Å²) in [5.41, 5.74) is 4.57. The smallest absolute Gasteiger partial charge is 0.164 e. The third-order valence-corrected chi connectivity index (χ3v) is 11.2. The molecule has 0 bridgehead atoms. The fourth-order valence-electron chi connectivity index (χ4n) is 7.55. The molecule has 0 atom stereocenters. The summed E-state index contributed by atoms with van der Waals surface area (Å²) in [5.74, 6) is 0.777. The Morgan fingerprint density at radius 3 is 1.80 bits per heavy atom. The molecule has 11 rings (SSSR count). The van der Waals surface area contributed by atoms with Crippen LogP contribution in [0.1, 0.15) is 8.22 Å². The van der Waals surface area contributed by atoms with Crippen molar-refractivity contribution < 1.29 is 8.22 Å². The second kappa shape index (κ2) is 12.8. The van der Waals surface area contributed by atoms with Crippen LogP contribution in [-0.2, 0) is 0 Å². The summed E-state index contributed by atoms with van der Waals surface area (Å²) in [6, 6.07) is 49.2. The van der Waals surface area contributed by atoms with E-state index in [2.05, 4.69) is 54.6 Å². The van der Waals surface area contributed by atoms with E-state index >= 15 is 0 Å². The summed E-state index contributed by atoms with van der Waals surface area (Å²) in [6.07, 6.45) is 0. The van der Waals surface area contributed by atoms with Gasteiger partial charge in [0.2, 0.25) is 0 Å². The molecule has 9 aromatic carbocycles. The van der Waals surface area contributed by atoms with Gasteiger partial charge in [0.15, 0.2) is 17.5 Å². The van der Waals surface area contributed by atoms with Gasteiger partial charge in [-0.2, -0.15) is 0 Å². The molecule has 11 aromatic rings. The lowest BCUT2D eigenvalue weighted by atomic mass is 9.96. The lowest BCUT2D eigenvalue weighted by Crippen LogP contribution is -2.00. The minimum atomic E-state index is -0.248. The molecule has 4 heteroatoms. The lowest BCUT2D eigenvalue weighted by Gasteiger charge is -2.12. The Morgan fingerprint density at radius 2 is 1.00 bits per heavy atom. The van der Waals surface area contributed by atoms with E-state index in [1.165, 1.54) is 0 Å². The number of aromatic nitrogens is 3. The van der Waals surface area contributed by atoms with Crippen molar-refractivity contribution in [1.82, 2.24) is 15.0 Å². The zero-order chi connectivity index (χ0) is 41.5. The molecule has 0 saturated heterocycles. The van der Waals surface area contributed by atoms with E-state index in [9.17, 15) is 4.11 Å². The predicted molar refractivity (Wildman–Crippen MR) is 232 cm³/mol. The van der Waals surface area contributed by atoms with Crippen molar-refractivity contribution in [3.8, 4) is 56.4 Å². The van der Waals surface area contributed by atoms with E-state index < -0.39 is 0 Å². The minimum absolute atomic E-state index is 0.0637. The fraction of sp³-hybridized carbons (Fsp3) is 0. The third kappa shape index (κ3) is 5.46. The highest BCUT2D eigenvalue weighted by Crippen LogP contribution is 2.42. The first-order valence-electron chi connectivity index (χ1n) is 21.0. The molecule has 0 radical (unpaired) electrons. The summed E-state index contributed by atoms with van der Waals surface area (Å²) < 4.78 is 56.0. The molecular weight excluding hydrogens is 687 g/mol. The Balaban J connectivity index is 1.18. The number of nitrogens with zero attached hydrogens (tertiary/aromatic N) is 3. The normalized spacial score (nSPS) is 13.2. The highest BCUT2D eigenvalue weighted by molar-refractivity contribution is 7.26. The molecule has 0 saturated carbocycles. The highest BCUT2D eigenvalue weighted by Gasteiger charge is 2.17. The van der Waals surface area contributed by atoms with Gasteiger partial charge in [-0.15, -0.1) is 11.3 Å². The average Bonchev–Trinajstić information content (AvgIpc) is 3.71. The molecule has 2 aromatic heterocycles. The Morgan fingerprint density at radius 1 is 0.382 bits per heavy atom. The van der Waals surface area contributed by atoms with E-state index in [0.717, 1.165) is 60.3 Å². The van der Waals surface area contributed by atoms with Crippen LogP contribution >= 0.6 is 11.3 Å². The molecule has 256 valence electrons. The Hall–Kier alpha value is -7.01. The minimum Gasteiger partial charge on any atom is -0.208 e. The molecule has 0 aliphatic heterocycles. The standard InChI is InChI=1S/C51H31N3S/c1-3-11-32(12-4-1)36-16-9-17-37(29-36)49-52-50(38-22-21-35-24-26-42-40-18-8-7-15-34(40)23-27-43(42)45(35)30-38)54-51(53-49)39-25-28-44-47(31-39)55-46-20-10-19-41(48(44)46)33-13-5-2-6-14-33/h1-31H/i10D,19D,20D,25D,28D,31D. The van der Waals surface area contributed by atoms with Gasteiger partial charge in [0.05, 0.1) is 8.22 Å². The quantitative estimate of drug-likeness (QED) is 0.166. The van der Waals surface area contributed by atoms with E-state index in [1.54, 1.807) is 0 Å². The van der Waals surface area contributed by atoms with Crippen LogP contribution in [-0.4, -0.2) is 15.0 Å². The molecule has 0 fully saturated rings. The van der Waals surface area contributed by atoms with Crippen LogP contribution in [0.25, 0.3) is 109 Å². The Kier molecular flexibility index (Phi) is 6.04. The number of thiophene rings is 1. The van der Waals surface area contributed by atoms with Crippen LogP contribution in [0.3, 0.4) is 0 Å². The van der Waals surface area contributed by atoms with Crippen LogP contribution in [0.15, 0.2) is 188 Å². The molecule has 2 heterocycles. The number of benzene rings is 9. The van der Waals surface area contributed by atoms with Gasteiger partial charge in [0.25, 0.3) is 0 Å². The predicted octanol–water partition coefficient (Wildman–Crippen LogP) is 14.0. The Bertz CT molecular complexity index is 3610. The van der Waals surface area contributed by atoms with Crippen molar-refractivity contribution in [2.45, 2.75) is 0 Å². The molecule has 0 aliphatic rings. The largest absolute Gasteiger partial charge is 0.208 e. The fourth-order valence-corrected chi connectivity index (χ4v) is 8.57. The van der Waals surface area contributed by atoms with Crippen LogP contribution in [0.4, 0.5) is 0 Å². The number of fused-ring (bicyclic) bond motifs is 8. The third-order valence-electron chi connectivity index (χ3n) is 10.2. The van der Waals surface area contributed by atoms with Crippen LogP contribution in [0.5, 0.6) is 0 Å². The topological polar surface area (TPSA) is 38.7 Å². The highest BCUT2D eigenvalue weighted by atomic mass is 32.1. The van der Waals surface area contributed by atoms with Crippen molar-refractivity contribution in [2.24, 2.45) is 0 Å². The summed E-state index contributed by atoms with van der Waals surface area (Å²) in [7, 11) is 0. The summed E-state index contributed by atoms with van der Waals surface area (Å²) in [6.45, 7) is 0. The average molecular weight is 724 g/mol. The second-order valence-electron chi connectivity index (χ2n) is 13.5. The zero-order valence-electron chi connectivity index (χ0n) is 35.2. The SMILES string of the molecule is [2H]c1c([2H])c(-c2ccccc2)c2c(sc3c([2H])c(-c4nc(-c5cccc(-c6ccccc6)c5)nc(-c5ccc6ccc7c8ccccc8ccc7c6c5)n4)c([2H])c([2H])c32)c1[2H]. The lowest BCUT2D eigenvalue weighted by molar-refractivity contribution is 1.08. The van der Waals surface area contributed by atoms with Crippen molar-refractivity contribution in [1.29, 1.82) is 0 Å². The van der Waals surface area contributed by atoms with E-state index in [-0.39, 0.29) is 47.6 Å². The van der Waals surface area contributed by atoms with Crippen LogP contribution in [0.2, 0.25) is 0 Å². The van der Waals surface area contributed by atoms with Gasteiger partial charge in [-0.3, -0.25) is 0 Å². The first kappa shape index (κ1) is 25.9. The Labute approximate surface area is 330 Å². The maximum atomic E-state index is 9.71. The van der Waals surface area contributed by atoms with Crippen LogP contribution in [0, 0.1) is 0 Å². The first-order valence-corrected chi connectivity index (χ1v) is 18.8. The molecule has 0 N–H and O–H groups in total. The van der Waals surface area contributed by atoms with Gasteiger partial charge in [-0.1, -0.05) is 164 Å². The maximum absolute atomic E-state index is 9.71. The first-order chi connectivity index (χ1) is 29.7.